The average Bonchev–Trinajstić information content (AvgIpc) is 2.48. The van der Waals surface area contributed by atoms with E-state index in [2.05, 4.69) is 22.6 Å². The molecule has 5 heteroatoms. The molecule has 1 heterocycles. The van der Waals surface area contributed by atoms with Crippen molar-refractivity contribution in [2.24, 2.45) is 0 Å². The van der Waals surface area contributed by atoms with Gasteiger partial charge in [-0.05, 0) is 28.7 Å². The van der Waals surface area contributed by atoms with E-state index in [9.17, 15) is 8.78 Å². The first-order chi connectivity index (χ1) is 6.61. The zero-order chi connectivity index (χ0) is 10.3. The number of thiophene rings is 1. The van der Waals surface area contributed by atoms with Crippen LogP contribution in [-0.4, -0.2) is 0 Å². The summed E-state index contributed by atoms with van der Waals surface area (Å²) in [5, 5.41) is 2.84. The predicted molar refractivity (Wildman–Crippen MR) is 64.5 cm³/mol. The molecule has 0 amide bonds. The minimum Gasteiger partial charge on any atom is -0.205 e. The van der Waals surface area contributed by atoms with Crippen molar-refractivity contribution < 1.29 is 8.78 Å². The zero-order valence-corrected chi connectivity index (χ0v) is 10.5. The molecule has 0 aliphatic heterocycles. The molecular weight excluding hydrogens is 341 g/mol. The fourth-order valence-corrected chi connectivity index (χ4v) is 3.75. The second-order valence-electron chi connectivity index (χ2n) is 2.73. The van der Waals surface area contributed by atoms with Crippen LogP contribution in [0, 0.1) is 3.57 Å². The minimum absolute atomic E-state index is 0.0875. The minimum atomic E-state index is -2.51. The summed E-state index contributed by atoms with van der Waals surface area (Å²) < 4.78 is 26.9. The summed E-state index contributed by atoms with van der Waals surface area (Å²) in [6, 6.07) is 3.08. The Morgan fingerprint density at radius 3 is 2.71 bits per heavy atom. The lowest BCUT2D eigenvalue weighted by Gasteiger charge is -2.03. The van der Waals surface area contributed by atoms with E-state index in [1.54, 1.807) is 6.07 Å². The maximum absolute atomic E-state index is 12.5. The molecule has 0 aliphatic carbocycles. The lowest BCUT2D eigenvalue weighted by atomic mass is 10.2. The highest BCUT2D eigenvalue weighted by atomic mass is 127. The van der Waals surface area contributed by atoms with E-state index >= 15 is 0 Å². The normalized spacial score (nSPS) is 11.5. The lowest BCUT2D eigenvalue weighted by molar-refractivity contribution is 0.151. The number of hydrogen-bond donors (Lipinski definition) is 0. The van der Waals surface area contributed by atoms with Crippen LogP contribution in [0.2, 0.25) is 5.02 Å². The molecule has 0 radical (unpaired) electrons. The van der Waals surface area contributed by atoms with Crippen LogP contribution in [0.15, 0.2) is 17.5 Å². The van der Waals surface area contributed by atoms with E-state index in [1.165, 1.54) is 17.4 Å². The van der Waals surface area contributed by atoms with E-state index in [4.69, 9.17) is 11.6 Å². The van der Waals surface area contributed by atoms with Crippen molar-refractivity contribution in [1.82, 2.24) is 0 Å². The molecule has 2 aromatic rings. The van der Waals surface area contributed by atoms with Gasteiger partial charge in [0.05, 0.1) is 5.02 Å². The molecule has 0 nitrogen and oxygen atoms in total. The highest BCUT2D eigenvalue weighted by molar-refractivity contribution is 14.1. The Labute approximate surface area is 102 Å². The molecule has 14 heavy (non-hydrogen) atoms. The van der Waals surface area contributed by atoms with Gasteiger partial charge in [-0.15, -0.1) is 11.3 Å². The molecule has 0 saturated carbocycles. The fourth-order valence-electron chi connectivity index (χ4n) is 1.24. The van der Waals surface area contributed by atoms with E-state index < -0.39 is 6.43 Å². The summed E-state index contributed by atoms with van der Waals surface area (Å²) in [6.45, 7) is 0. The third-order valence-electron chi connectivity index (χ3n) is 1.90. The number of alkyl halides is 2. The fraction of sp³-hybridized carbons (Fsp3) is 0.111. The van der Waals surface area contributed by atoms with E-state index in [0.29, 0.717) is 0 Å². The van der Waals surface area contributed by atoms with Crippen molar-refractivity contribution in [2.75, 3.05) is 0 Å². The van der Waals surface area contributed by atoms with Crippen LogP contribution in [0.25, 0.3) is 10.1 Å². The van der Waals surface area contributed by atoms with Gasteiger partial charge < -0.3 is 0 Å². The largest absolute Gasteiger partial charge is 0.265 e. The summed E-state index contributed by atoms with van der Waals surface area (Å²) in [7, 11) is 0. The van der Waals surface area contributed by atoms with Crippen LogP contribution in [-0.2, 0) is 0 Å². The molecule has 0 atom stereocenters. The SMILES string of the molecule is FC(F)c1ccc2scc(I)c2c1Cl. The quantitative estimate of drug-likeness (QED) is 0.632. The van der Waals surface area contributed by atoms with Crippen LogP contribution in [0.3, 0.4) is 0 Å². The second kappa shape index (κ2) is 3.90. The van der Waals surface area contributed by atoms with E-state index in [0.717, 1.165) is 13.7 Å². The number of hydrogen-bond acceptors (Lipinski definition) is 1. The van der Waals surface area contributed by atoms with Crippen molar-refractivity contribution in [3.05, 3.63) is 31.7 Å². The van der Waals surface area contributed by atoms with Gasteiger partial charge in [-0.2, -0.15) is 0 Å². The van der Waals surface area contributed by atoms with Gasteiger partial charge >= 0.3 is 0 Å². The van der Waals surface area contributed by atoms with Gasteiger partial charge in [-0.1, -0.05) is 17.7 Å². The molecule has 1 aromatic heterocycles. The van der Waals surface area contributed by atoms with Crippen LogP contribution in [0.5, 0.6) is 0 Å². The molecule has 1 aromatic carbocycles. The van der Waals surface area contributed by atoms with Gasteiger partial charge in [0.15, 0.2) is 0 Å². The van der Waals surface area contributed by atoms with E-state index in [-0.39, 0.29) is 10.6 Å². The predicted octanol–water partition coefficient (Wildman–Crippen LogP) is 5.10. The van der Waals surface area contributed by atoms with Crippen LogP contribution >= 0.6 is 45.5 Å². The van der Waals surface area contributed by atoms with Crippen LogP contribution in [0.4, 0.5) is 8.78 Å². The van der Waals surface area contributed by atoms with Gasteiger partial charge in [-0.3, -0.25) is 0 Å². The molecular formula is C9H4ClF2IS. The molecule has 2 rings (SSSR count). The summed E-state index contributed by atoms with van der Waals surface area (Å²) in [4.78, 5) is 0. The van der Waals surface area contributed by atoms with Crippen LogP contribution in [0.1, 0.15) is 12.0 Å². The van der Waals surface area contributed by atoms with Crippen molar-refractivity contribution >= 4 is 55.6 Å². The van der Waals surface area contributed by atoms with Gasteiger partial charge in [0.25, 0.3) is 6.43 Å². The van der Waals surface area contributed by atoms with Gasteiger partial charge in [-0.25, -0.2) is 8.78 Å². The first-order valence-electron chi connectivity index (χ1n) is 3.74. The molecule has 0 aliphatic rings. The molecule has 74 valence electrons. The highest BCUT2D eigenvalue weighted by Crippen LogP contribution is 2.38. The van der Waals surface area contributed by atoms with Gasteiger partial charge in [0, 0.05) is 24.6 Å². The number of halogens is 4. The maximum Gasteiger partial charge on any atom is 0.265 e. The number of fused-ring (bicyclic) bond motifs is 1. The summed E-state index contributed by atoms with van der Waals surface area (Å²) in [5.74, 6) is 0. The molecule has 0 spiro atoms. The smallest absolute Gasteiger partial charge is 0.205 e. The lowest BCUT2D eigenvalue weighted by Crippen LogP contribution is -1.86. The van der Waals surface area contributed by atoms with Crippen molar-refractivity contribution in [3.63, 3.8) is 0 Å². The first kappa shape index (κ1) is 10.6. The first-order valence-corrected chi connectivity index (χ1v) is 6.08. The van der Waals surface area contributed by atoms with Gasteiger partial charge in [0.2, 0.25) is 0 Å². The standard InChI is InChI=1S/C9H4ClF2IS/c10-8-4(9(11)12)1-2-6-7(8)5(13)3-14-6/h1-3,9H. The monoisotopic (exact) mass is 344 g/mol. The molecule has 0 bridgehead atoms. The average molecular weight is 345 g/mol. The Bertz CT molecular complexity index is 481. The molecule has 0 unspecified atom stereocenters. The highest BCUT2D eigenvalue weighted by Gasteiger charge is 2.16. The van der Waals surface area contributed by atoms with E-state index in [1.807, 2.05) is 5.38 Å². The summed E-state index contributed by atoms with van der Waals surface area (Å²) in [6.07, 6.45) is -2.51. The summed E-state index contributed by atoms with van der Waals surface area (Å²) >= 11 is 9.52. The van der Waals surface area contributed by atoms with Crippen molar-refractivity contribution in [3.8, 4) is 0 Å². The molecule has 0 saturated heterocycles. The Morgan fingerprint density at radius 1 is 1.36 bits per heavy atom. The Kier molecular flexibility index (Phi) is 2.95. The number of benzene rings is 1. The van der Waals surface area contributed by atoms with Crippen LogP contribution < -0.4 is 0 Å². The number of rotatable bonds is 1. The third-order valence-corrected chi connectivity index (χ3v) is 4.53. The summed E-state index contributed by atoms with van der Waals surface area (Å²) in [5.41, 5.74) is -0.0875. The maximum atomic E-state index is 12.5. The Hall–Kier alpha value is 0.0600. The topological polar surface area (TPSA) is 0 Å². The zero-order valence-electron chi connectivity index (χ0n) is 6.73. The third kappa shape index (κ3) is 1.63. The second-order valence-corrected chi connectivity index (χ2v) is 5.18. The van der Waals surface area contributed by atoms with Crippen molar-refractivity contribution in [1.29, 1.82) is 0 Å². The molecule has 0 fully saturated rings. The Morgan fingerprint density at radius 2 is 2.07 bits per heavy atom. The van der Waals surface area contributed by atoms with Gasteiger partial charge in [0.1, 0.15) is 0 Å². The Balaban J connectivity index is 2.79. The molecule has 0 N–H and O–H groups in total. The van der Waals surface area contributed by atoms with Crippen molar-refractivity contribution in [2.45, 2.75) is 6.43 Å².